The normalized spacial score (nSPS) is 11.4. The molecule has 0 saturated heterocycles. The molecule has 0 atom stereocenters. The third kappa shape index (κ3) is 2.66. The molecule has 0 aliphatic heterocycles. The summed E-state index contributed by atoms with van der Waals surface area (Å²) in [5.74, 6) is 0.219. The van der Waals surface area contributed by atoms with Gasteiger partial charge < -0.3 is 0 Å². The van der Waals surface area contributed by atoms with E-state index in [9.17, 15) is 4.79 Å². The van der Waals surface area contributed by atoms with Crippen molar-refractivity contribution in [1.82, 2.24) is 4.98 Å². The second-order valence-corrected chi connectivity index (χ2v) is 4.51. The Hall–Kier alpha value is -1.18. The fourth-order valence-corrected chi connectivity index (χ4v) is 1.65. The van der Waals surface area contributed by atoms with Crippen molar-refractivity contribution in [1.29, 1.82) is 0 Å². The Morgan fingerprint density at radius 2 is 2.07 bits per heavy atom. The minimum Gasteiger partial charge on any atom is -0.300 e. The summed E-state index contributed by atoms with van der Waals surface area (Å²) in [5, 5.41) is 0. The van der Waals surface area contributed by atoms with Crippen LogP contribution in [0.4, 0.5) is 0 Å². The number of ketones is 1. The summed E-state index contributed by atoms with van der Waals surface area (Å²) < 4.78 is 0. The van der Waals surface area contributed by atoms with Crippen LogP contribution in [0.25, 0.3) is 0 Å². The van der Waals surface area contributed by atoms with E-state index in [0.717, 1.165) is 11.1 Å². The molecule has 76 valence electrons. The van der Waals surface area contributed by atoms with Crippen LogP contribution >= 0.6 is 0 Å². The number of nitrogens with zero attached hydrogens (tertiary/aromatic N) is 1. The van der Waals surface area contributed by atoms with Gasteiger partial charge >= 0.3 is 0 Å². The first-order chi connectivity index (χ1) is 6.42. The lowest BCUT2D eigenvalue weighted by Gasteiger charge is -2.23. The maximum atomic E-state index is 11.1. The molecule has 1 aromatic heterocycles. The van der Waals surface area contributed by atoms with Gasteiger partial charge in [-0.3, -0.25) is 9.78 Å². The van der Waals surface area contributed by atoms with Gasteiger partial charge in [-0.25, -0.2) is 0 Å². The van der Waals surface area contributed by atoms with E-state index in [1.165, 1.54) is 0 Å². The minimum atomic E-state index is -0.106. The molecule has 14 heavy (non-hydrogen) atoms. The van der Waals surface area contributed by atoms with E-state index in [0.29, 0.717) is 6.42 Å². The monoisotopic (exact) mass is 191 g/mol. The predicted molar refractivity (Wildman–Crippen MR) is 57.3 cm³/mol. The summed E-state index contributed by atoms with van der Waals surface area (Å²) >= 11 is 0. The van der Waals surface area contributed by atoms with Gasteiger partial charge in [0.2, 0.25) is 0 Å². The average Bonchev–Trinajstić information content (AvgIpc) is 2.01. The second-order valence-electron chi connectivity index (χ2n) is 4.51. The van der Waals surface area contributed by atoms with Crippen molar-refractivity contribution in [3.05, 3.63) is 29.6 Å². The topological polar surface area (TPSA) is 30.0 Å². The number of hydrogen-bond donors (Lipinski definition) is 0. The van der Waals surface area contributed by atoms with Crippen LogP contribution in [0.5, 0.6) is 0 Å². The van der Waals surface area contributed by atoms with Gasteiger partial charge in [-0.05, 0) is 30.4 Å². The molecule has 2 heteroatoms. The molecule has 0 fully saturated rings. The maximum Gasteiger partial charge on any atom is 0.130 e. The van der Waals surface area contributed by atoms with Crippen molar-refractivity contribution < 1.29 is 4.79 Å². The molecular weight excluding hydrogens is 174 g/mol. The van der Waals surface area contributed by atoms with Crippen LogP contribution in [0, 0.1) is 6.92 Å². The number of aromatic nitrogens is 1. The Labute approximate surface area is 85.4 Å². The Morgan fingerprint density at radius 3 is 2.57 bits per heavy atom. The average molecular weight is 191 g/mol. The lowest BCUT2D eigenvalue weighted by atomic mass is 9.81. The number of aryl methyl sites for hydroxylation is 1. The summed E-state index contributed by atoms with van der Waals surface area (Å²) in [4.78, 5) is 15.2. The van der Waals surface area contributed by atoms with E-state index >= 15 is 0 Å². The highest BCUT2D eigenvalue weighted by Gasteiger charge is 2.22. The molecule has 1 heterocycles. The molecule has 1 aromatic rings. The molecule has 0 aliphatic rings. The van der Waals surface area contributed by atoms with Gasteiger partial charge in [0.05, 0.1) is 0 Å². The van der Waals surface area contributed by atoms with Crippen molar-refractivity contribution in [2.24, 2.45) is 0 Å². The van der Waals surface area contributed by atoms with E-state index in [1.54, 1.807) is 6.92 Å². The van der Waals surface area contributed by atoms with E-state index in [4.69, 9.17) is 0 Å². The molecule has 0 aliphatic carbocycles. The highest BCUT2D eigenvalue weighted by molar-refractivity contribution is 5.77. The van der Waals surface area contributed by atoms with Gasteiger partial charge in [-0.2, -0.15) is 0 Å². The number of Topliss-reactive ketones (excluding diaryl/α,β-unsaturated/α-hetero) is 1. The number of hydrogen-bond acceptors (Lipinski definition) is 2. The number of carbonyl (C=O) groups excluding carboxylic acids is 1. The number of pyridine rings is 1. The van der Waals surface area contributed by atoms with E-state index < -0.39 is 0 Å². The molecule has 1 rings (SSSR count). The largest absolute Gasteiger partial charge is 0.300 e. The highest BCUT2D eigenvalue weighted by Crippen LogP contribution is 2.26. The highest BCUT2D eigenvalue weighted by atomic mass is 16.1. The lowest BCUT2D eigenvalue weighted by molar-refractivity contribution is -0.118. The number of carbonyl (C=O) groups is 1. The maximum absolute atomic E-state index is 11.1. The summed E-state index contributed by atoms with van der Waals surface area (Å²) in [6, 6.07) is 2.09. The molecule has 0 saturated carbocycles. The van der Waals surface area contributed by atoms with Crippen LogP contribution in [0.2, 0.25) is 0 Å². The summed E-state index contributed by atoms with van der Waals surface area (Å²) in [7, 11) is 0. The molecule has 0 spiro atoms. The third-order valence-electron chi connectivity index (χ3n) is 2.35. The lowest BCUT2D eigenvalue weighted by Crippen LogP contribution is -2.20. The quantitative estimate of drug-likeness (QED) is 0.735. The second kappa shape index (κ2) is 3.91. The van der Waals surface area contributed by atoms with Crippen LogP contribution in [0.3, 0.4) is 0 Å². The molecule has 0 aromatic carbocycles. The Kier molecular flexibility index (Phi) is 3.04. The Morgan fingerprint density at radius 1 is 1.43 bits per heavy atom. The molecule has 0 N–H and O–H groups in total. The third-order valence-corrected chi connectivity index (χ3v) is 2.35. The minimum absolute atomic E-state index is 0.106. The van der Waals surface area contributed by atoms with Gasteiger partial charge in [0.15, 0.2) is 0 Å². The molecule has 0 radical (unpaired) electrons. The standard InChI is InChI=1S/C12H17NO/c1-9-5-11(8-13-7-9)12(3,4)6-10(2)14/h5,7-8H,6H2,1-4H3. The first kappa shape index (κ1) is 10.9. The SMILES string of the molecule is CC(=O)CC(C)(C)c1cncc(C)c1. The predicted octanol–water partition coefficient (Wildman–Crippen LogP) is 2.65. The summed E-state index contributed by atoms with van der Waals surface area (Å²) in [5.41, 5.74) is 2.16. The van der Waals surface area contributed by atoms with Crippen molar-refractivity contribution in [2.75, 3.05) is 0 Å². The smallest absolute Gasteiger partial charge is 0.130 e. The zero-order valence-corrected chi connectivity index (χ0v) is 9.29. The van der Waals surface area contributed by atoms with Crippen molar-refractivity contribution >= 4 is 5.78 Å². The van der Waals surface area contributed by atoms with Crippen molar-refractivity contribution in [2.45, 2.75) is 39.5 Å². The van der Waals surface area contributed by atoms with Crippen LogP contribution in [-0.2, 0) is 10.2 Å². The van der Waals surface area contributed by atoms with Crippen LogP contribution in [0.15, 0.2) is 18.5 Å². The van der Waals surface area contributed by atoms with Gasteiger partial charge in [-0.15, -0.1) is 0 Å². The fraction of sp³-hybridized carbons (Fsp3) is 0.500. The molecule has 0 bridgehead atoms. The van der Waals surface area contributed by atoms with E-state index in [2.05, 4.69) is 24.9 Å². The first-order valence-corrected chi connectivity index (χ1v) is 4.83. The van der Waals surface area contributed by atoms with Gasteiger partial charge in [-0.1, -0.05) is 19.9 Å². The molecule has 0 amide bonds. The van der Waals surface area contributed by atoms with Crippen LogP contribution in [0.1, 0.15) is 38.3 Å². The zero-order chi connectivity index (χ0) is 10.8. The van der Waals surface area contributed by atoms with Gasteiger partial charge in [0.25, 0.3) is 0 Å². The van der Waals surface area contributed by atoms with Gasteiger partial charge in [0.1, 0.15) is 5.78 Å². The molecule has 2 nitrogen and oxygen atoms in total. The van der Waals surface area contributed by atoms with Gasteiger partial charge in [0, 0.05) is 18.8 Å². The molecular formula is C12H17NO. The number of rotatable bonds is 3. The zero-order valence-electron chi connectivity index (χ0n) is 9.29. The van der Waals surface area contributed by atoms with Crippen molar-refractivity contribution in [3.8, 4) is 0 Å². The summed E-state index contributed by atoms with van der Waals surface area (Å²) in [6.45, 7) is 7.79. The van der Waals surface area contributed by atoms with Crippen LogP contribution in [-0.4, -0.2) is 10.8 Å². The van der Waals surface area contributed by atoms with E-state index in [1.807, 2.05) is 19.3 Å². The summed E-state index contributed by atoms with van der Waals surface area (Å²) in [6.07, 6.45) is 4.24. The van der Waals surface area contributed by atoms with Crippen LogP contribution < -0.4 is 0 Å². The first-order valence-electron chi connectivity index (χ1n) is 4.83. The Balaban J connectivity index is 2.97. The Bertz CT molecular complexity index is 342. The molecule has 0 unspecified atom stereocenters. The van der Waals surface area contributed by atoms with Crippen molar-refractivity contribution in [3.63, 3.8) is 0 Å². The van der Waals surface area contributed by atoms with E-state index in [-0.39, 0.29) is 11.2 Å². The fourth-order valence-electron chi connectivity index (χ4n) is 1.65.